The zero-order valence-corrected chi connectivity index (χ0v) is 10.1. The zero-order valence-electron chi connectivity index (χ0n) is 7.88. The van der Waals surface area contributed by atoms with Gasteiger partial charge in [-0.05, 0) is 12.8 Å². The maximum Gasteiger partial charge on any atom is 0.332 e. The van der Waals surface area contributed by atoms with E-state index < -0.39 is 15.6 Å². The normalized spacial score (nSPS) is 36.5. The summed E-state index contributed by atoms with van der Waals surface area (Å²) in [7, 11) is 0. The molecule has 2 atom stereocenters. The molecule has 2 saturated heterocycles. The summed E-state index contributed by atoms with van der Waals surface area (Å²) in [6, 6.07) is 0. The number of rotatable bonds is 1. The van der Waals surface area contributed by atoms with E-state index in [9.17, 15) is 4.79 Å². The van der Waals surface area contributed by atoms with Crippen LogP contribution < -0.4 is 0 Å². The molecule has 0 aliphatic carbocycles. The van der Waals surface area contributed by atoms with E-state index in [1.165, 1.54) is 0 Å². The highest BCUT2D eigenvalue weighted by molar-refractivity contribution is 6.68. The molecule has 2 aliphatic heterocycles. The summed E-state index contributed by atoms with van der Waals surface area (Å²) in [4.78, 5) is 13.5. The summed E-state index contributed by atoms with van der Waals surface area (Å²) in [5.74, 6) is -0.369. The molecule has 0 spiro atoms. The lowest BCUT2D eigenvalue weighted by molar-refractivity contribution is -0.144. The Labute approximate surface area is 103 Å². The average molecular weight is 271 g/mol. The van der Waals surface area contributed by atoms with Crippen molar-refractivity contribution in [2.24, 2.45) is 0 Å². The van der Waals surface area contributed by atoms with Crippen LogP contribution in [0.15, 0.2) is 12.7 Å². The number of nitrogens with zero attached hydrogens (tertiary/aromatic N) is 1. The Hall–Kier alpha value is 0.0400. The molecule has 0 saturated carbocycles. The molecular weight excluding hydrogens is 260 g/mol. The summed E-state index contributed by atoms with van der Waals surface area (Å²) in [5.41, 5.74) is -0.783. The van der Waals surface area contributed by atoms with Crippen molar-refractivity contribution in [2.45, 2.75) is 28.4 Å². The van der Waals surface area contributed by atoms with Crippen LogP contribution >= 0.6 is 34.8 Å². The van der Waals surface area contributed by atoms with Crippen LogP contribution in [0.25, 0.3) is 0 Å². The van der Waals surface area contributed by atoms with Gasteiger partial charge in [0.15, 0.2) is 0 Å². The molecule has 6 heteroatoms. The van der Waals surface area contributed by atoms with Crippen LogP contribution in [0.5, 0.6) is 0 Å². The average Bonchev–Trinajstić information content (AvgIpc) is 2.64. The minimum absolute atomic E-state index is 0.369. The monoisotopic (exact) mass is 269 g/mol. The third-order valence-corrected chi connectivity index (χ3v) is 3.50. The standard InChI is InChI=1S/C9H10Cl3NO2/c1-2-8-4-3-5-13(8)6(9(10,11)12)15-7(8)14/h2,6H,1,3-5H2. The number of ether oxygens (including phenoxy) is 1. The Morgan fingerprint density at radius 2 is 2.27 bits per heavy atom. The summed E-state index contributed by atoms with van der Waals surface area (Å²) in [6.07, 6.45) is 2.32. The minimum Gasteiger partial charge on any atom is -0.440 e. The molecule has 0 aromatic heterocycles. The van der Waals surface area contributed by atoms with Crippen molar-refractivity contribution in [1.29, 1.82) is 0 Å². The van der Waals surface area contributed by atoms with Crippen LogP contribution in [0.2, 0.25) is 0 Å². The van der Waals surface area contributed by atoms with Gasteiger partial charge >= 0.3 is 5.97 Å². The maximum absolute atomic E-state index is 11.8. The molecule has 0 radical (unpaired) electrons. The minimum atomic E-state index is -1.62. The van der Waals surface area contributed by atoms with Crippen LogP contribution in [-0.4, -0.2) is 33.0 Å². The topological polar surface area (TPSA) is 29.5 Å². The molecular formula is C9H10Cl3NO2. The number of carbonyl (C=O) groups is 1. The molecule has 15 heavy (non-hydrogen) atoms. The number of fused-ring (bicyclic) bond motifs is 1. The lowest BCUT2D eigenvalue weighted by Crippen LogP contribution is -2.47. The Bertz CT molecular complexity index is 315. The molecule has 2 rings (SSSR count). The van der Waals surface area contributed by atoms with E-state index in [1.54, 1.807) is 11.0 Å². The molecule has 2 fully saturated rings. The second kappa shape index (κ2) is 3.52. The van der Waals surface area contributed by atoms with E-state index in [0.29, 0.717) is 13.0 Å². The number of halogens is 3. The molecule has 0 aromatic carbocycles. The van der Waals surface area contributed by atoms with Crippen LogP contribution in [-0.2, 0) is 9.53 Å². The van der Waals surface area contributed by atoms with Gasteiger partial charge < -0.3 is 4.74 Å². The van der Waals surface area contributed by atoms with Crippen LogP contribution in [0.1, 0.15) is 12.8 Å². The highest BCUT2D eigenvalue weighted by Gasteiger charge is 2.60. The van der Waals surface area contributed by atoms with E-state index in [4.69, 9.17) is 39.5 Å². The number of esters is 1. The molecule has 2 aliphatic rings. The number of hydrogen-bond acceptors (Lipinski definition) is 3. The van der Waals surface area contributed by atoms with E-state index in [2.05, 4.69) is 6.58 Å². The van der Waals surface area contributed by atoms with Crippen molar-refractivity contribution in [3.8, 4) is 0 Å². The van der Waals surface area contributed by atoms with Gasteiger partial charge in [0.05, 0.1) is 0 Å². The highest BCUT2D eigenvalue weighted by atomic mass is 35.6. The molecule has 2 unspecified atom stereocenters. The summed E-state index contributed by atoms with van der Waals surface area (Å²) in [5, 5.41) is 0. The van der Waals surface area contributed by atoms with Gasteiger partial charge in [-0.3, -0.25) is 0 Å². The Balaban J connectivity index is 2.36. The van der Waals surface area contributed by atoms with Crippen LogP contribution in [0.3, 0.4) is 0 Å². The van der Waals surface area contributed by atoms with Gasteiger partial charge in [-0.2, -0.15) is 0 Å². The van der Waals surface area contributed by atoms with Gasteiger partial charge in [0.1, 0.15) is 5.54 Å². The number of alkyl halides is 3. The SMILES string of the molecule is C=CC12CCCN1C(C(Cl)(Cl)Cl)OC2=O. The lowest BCUT2D eigenvalue weighted by Gasteiger charge is -2.29. The maximum atomic E-state index is 11.8. The largest absolute Gasteiger partial charge is 0.440 e. The van der Waals surface area contributed by atoms with Crippen molar-refractivity contribution in [2.75, 3.05) is 6.54 Å². The van der Waals surface area contributed by atoms with Crippen molar-refractivity contribution < 1.29 is 9.53 Å². The van der Waals surface area contributed by atoms with Gasteiger partial charge in [-0.25, -0.2) is 9.69 Å². The Morgan fingerprint density at radius 1 is 1.60 bits per heavy atom. The zero-order chi connectivity index (χ0) is 11.3. The first-order valence-corrected chi connectivity index (χ1v) is 5.73. The lowest BCUT2D eigenvalue weighted by atomic mass is 9.98. The molecule has 3 nitrogen and oxygen atoms in total. The summed E-state index contributed by atoms with van der Waals surface area (Å²) < 4.78 is 3.49. The Morgan fingerprint density at radius 3 is 2.80 bits per heavy atom. The van der Waals surface area contributed by atoms with Crippen LogP contribution in [0, 0.1) is 0 Å². The second-order valence-electron chi connectivity index (χ2n) is 3.72. The van der Waals surface area contributed by atoms with Crippen LogP contribution in [0.4, 0.5) is 0 Å². The first-order valence-electron chi connectivity index (χ1n) is 4.60. The van der Waals surface area contributed by atoms with Gasteiger partial charge in [0.2, 0.25) is 10.0 Å². The van der Waals surface area contributed by atoms with Crippen molar-refractivity contribution >= 4 is 40.8 Å². The fourth-order valence-electron chi connectivity index (χ4n) is 2.22. The molecule has 0 N–H and O–H groups in total. The smallest absolute Gasteiger partial charge is 0.332 e. The molecule has 0 amide bonds. The first kappa shape index (κ1) is 11.5. The third-order valence-electron chi connectivity index (χ3n) is 2.94. The van der Waals surface area contributed by atoms with Gasteiger partial charge in [-0.15, -0.1) is 6.58 Å². The van der Waals surface area contributed by atoms with Gasteiger partial charge in [0.25, 0.3) is 0 Å². The van der Waals surface area contributed by atoms with Gasteiger partial charge in [-0.1, -0.05) is 40.9 Å². The number of hydrogen-bond donors (Lipinski definition) is 0. The van der Waals surface area contributed by atoms with E-state index in [-0.39, 0.29) is 5.97 Å². The quantitative estimate of drug-likeness (QED) is 0.416. The fourth-order valence-corrected chi connectivity index (χ4v) is 2.71. The fraction of sp³-hybridized carbons (Fsp3) is 0.667. The van der Waals surface area contributed by atoms with Crippen molar-refractivity contribution in [3.05, 3.63) is 12.7 Å². The van der Waals surface area contributed by atoms with E-state index in [0.717, 1.165) is 6.42 Å². The second-order valence-corrected chi connectivity index (χ2v) is 6.09. The van der Waals surface area contributed by atoms with Crippen molar-refractivity contribution in [1.82, 2.24) is 4.90 Å². The van der Waals surface area contributed by atoms with E-state index >= 15 is 0 Å². The number of carbonyl (C=O) groups excluding carboxylic acids is 1. The predicted octanol–water partition coefficient (Wildman–Crippen LogP) is 2.26. The molecule has 0 aromatic rings. The predicted molar refractivity (Wildman–Crippen MR) is 59.0 cm³/mol. The first-order chi connectivity index (χ1) is 6.92. The van der Waals surface area contributed by atoms with Crippen molar-refractivity contribution in [3.63, 3.8) is 0 Å². The Kier molecular flexibility index (Phi) is 2.70. The van der Waals surface area contributed by atoms with E-state index in [1.807, 2.05) is 0 Å². The van der Waals surface area contributed by atoms with Gasteiger partial charge in [0, 0.05) is 6.54 Å². The summed E-state index contributed by atoms with van der Waals surface area (Å²) >= 11 is 17.3. The third kappa shape index (κ3) is 1.57. The molecule has 0 bridgehead atoms. The molecule has 84 valence electrons. The summed E-state index contributed by atoms with van der Waals surface area (Å²) in [6.45, 7) is 4.35. The molecule has 2 heterocycles. The highest BCUT2D eigenvalue weighted by Crippen LogP contribution is 2.46. The number of cyclic esters (lactones) is 1.